The molecule has 1 atom stereocenters. The molecular formula is C14H15NO2S. The highest BCUT2D eigenvalue weighted by atomic mass is 32.1. The van der Waals surface area contributed by atoms with Gasteiger partial charge in [-0.05, 0) is 30.0 Å². The minimum Gasteiger partial charge on any atom is -0.450 e. The first kappa shape index (κ1) is 12.8. The molecule has 3 nitrogen and oxygen atoms in total. The normalized spacial score (nSPS) is 12.1. The summed E-state index contributed by atoms with van der Waals surface area (Å²) in [4.78, 5) is 17.0. The van der Waals surface area contributed by atoms with Gasteiger partial charge in [0.2, 0.25) is 0 Å². The van der Waals surface area contributed by atoms with Crippen LogP contribution in [0.3, 0.4) is 0 Å². The molecule has 0 N–H and O–H groups in total. The van der Waals surface area contributed by atoms with Crippen LogP contribution in [0.25, 0.3) is 0 Å². The molecule has 0 amide bonds. The van der Waals surface area contributed by atoms with Crippen molar-refractivity contribution in [3.8, 4) is 0 Å². The van der Waals surface area contributed by atoms with Gasteiger partial charge in [0.05, 0.1) is 10.6 Å². The summed E-state index contributed by atoms with van der Waals surface area (Å²) in [5.41, 5.74) is 0.768. The number of pyridine rings is 1. The van der Waals surface area contributed by atoms with Crippen LogP contribution >= 0.6 is 11.3 Å². The summed E-state index contributed by atoms with van der Waals surface area (Å²) in [5.74, 6) is -0.179. The highest BCUT2D eigenvalue weighted by molar-refractivity contribution is 7.10. The van der Waals surface area contributed by atoms with Crippen molar-refractivity contribution in [1.29, 1.82) is 0 Å². The van der Waals surface area contributed by atoms with E-state index in [1.54, 1.807) is 17.5 Å². The number of nitrogens with zero attached hydrogens (tertiary/aromatic N) is 1. The van der Waals surface area contributed by atoms with E-state index < -0.39 is 0 Å². The summed E-state index contributed by atoms with van der Waals surface area (Å²) < 4.78 is 5.53. The Hall–Kier alpha value is -1.68. The summed E-state index contributed by atoms with van der Waals surface area (Å²) >= 11 is 1.57. The van der Waals surface area contributed by atoms with Crippen LogP contribution in [0.5, 0.6) is 0 Å². The maximum atomic E-state index is 11.7. The third kappa shape index (κ3) is 3.17. The second-order valence-electron chi connectivity index (χ2n) is 3.89. The molecule has 2 rings (SSSR count). The van der Waals surface area contributed by atoms with Crippen molar-refractivity contribution in [1.82, 2.24) is 4.98 Å². The minimum atomic E-state index is -0.384. The Morgan fingerprint density at radius 3 is 2.89 bits per heavy atom. The van der Waals surface area contributed by atoms with Crippen LogP contribution in [0.2, 0.25) is 0 Å². The van der Waals surface area contributed by atoms with Crippen LogP contribution in [-0.2, 0) is 9.53 Å². The van der Waals surface area contributed by atoms with Gasteiger partial charge in [-0.25, -0.2) is 0 Å². The lowest BCUT2D eigenvalue weighted by atomic mass is 10.2. The van der Waals surface area contributed by atoms with Crippen LogP contribution in [0.1, 0.15) is 36.4 Å². The van der Waals surface area contributed by atoms with Gasteiger partial charge in [-0.1, -0.05) is 19.1 Å². The van der Waals surface area contributed by atoms with E-state index in [1.165, 1.54) is 0 Å². The van der Waals surface area contributed by atoms with E-state index >= 15 is 0 Å². The molecule has 0 fully saturated rings. The predicted molar refractivity (Wildman–Crippen MR) is 71.4 cm³/mol. The lowest BCUT2D eigenvalue weighted by molar-refractivity contribution is -0.147. The van der Waals surface area contributed by atoms with Crippen LogP contribution < -0.4 is 0 Å². The Kier molecular flexibility index (Phi) is 4.47. The largest absolute Gasteiger partial charge is 0.450 e. The van der Waals surface area contributed by atoms with Crippen LogP contribution in [0.15, 0.2) is 41.9 Å². The number of esters is 1. The van der Waals surface area contributed by atoms with E-state index in [4.69, 9.17) is 4.74 Å². The van der Waals surface area contributed by atoms with Gasteiger partial charge in [0.25, 0.3) is 0 Å². The molecule has 2 aromatic heterocycles. The minimum absolute atomic E-state index is 0.179. The molecule has 0 aliphatic rings. The number of hydrogen-bond donors (Lipinski definition) is 0. The number of ether oxygens (including phenoxy) is 1. The summed E-state index contributed by atoms with van der Waals surface area (Å²) in [6.45, 7) is 1.96. The number of hydrogen-bond acceptors (Lipinski definition) is 4. The van der Waals surface area contributed by atoms with Crippen molar-refractivity contribution in [2.24, 2.45) is 0 Å². The third-order valence-electron chi connectivity index (χ3n) is 2.46. The van der Waals surface area contributed by atoms with Gasteiger partial charge in [-0.3, -0.25) is 9.78 Å². The molecule has 0 saturated carbocycles. The first-order chi connectivity index (χ1) is 8.81. The lowest BCUT2D eigenvalue weighted by Gasteiger charge is -2.15. The Morgan fingerprint density at radius 2 is 2.28 bits per heavy atom. The number of carbonyl (C=O) groups excluding carboxylic acids is 1. The van der Waals surface area contributed by atoms with E-state index in [0.717, 1.165) is 17.0 Å². The number of aromatic nitrogens is 1. The van der Waals surface area contributed by atoms with Crippen LogP contribution in [0, 0.1) is 0 Å². The van der Waals surface area contributed by atoms with Crippen LogP contribution in [-0.4, -0.2) is 11.0 Å². The van der Waals surface area contributed by atoms with E-state index in [9.17, 15) is 4.79 Å². The topological polar surface area (TPSA) is 39.2 Å². The van der Waals surface area contributed by atoms with Gasteiger partial charge < -0.3 is 4.74 Å². The van der Waals surface area contributed by atoms with Crippen LogP contribution in [0.4, 0.5) is 0 Å². The molecule has 4 heteroatoms. The Labute approximate surface area is 110 Å². The average Bonchev–Trinajstić information content (AvgIpc) is 2.91. The molecule has 2 aromatic rings. The smallest absolute Gasteiger partial charge is 0.306 e. The average molecular weight is 261 g/mol. The summed E-state index contributed by atoms with van der Waals surface area (Å²) in [6.07, 6.45) is 2.56. The Balaban J connectivity index is 2.22. The molecular weight excluding hydrogens is 246 g/mol. The molecule has 0 bridgehead atoms. The molecule has 0 spiro atoms. The van der Waals surface area contributed by atoms with Gasteiger partial charge in [0.1, 0.15) is 0 Å². The molecule has 0 saturated heterocycles. The maximum Gasteiger partial charge on any atom is 0.306 e. The van der Waals surface area contributed by atoms with Gasteiger partial charge in [-0.2, -0.15) is 0 Å². The summed E-state index contributed by atoms with van der Waals surface area (Å²) in [5, 5.41) is 1.97. The van der Waals surface area contributed by atoms with E-state index in [2.05, 4.69) is 4.98 Å². The Bertz CT molecular complexity index is 482. The molecule has 0 aliphatic heterocycles. The second kappa shape index (κ2) is 6.31. The number of rotatable bonds is 5. The van der Waals surface area contributed by atoms with Crippen molar-refractivity contribution >= 4 is 17.3 Å². The fourth-order valence-corrected chi connectivity index (χ4v) is 2.39. The summed E-state index contributed by atoms with van der Waals surface area (Å²) in [6, 6.07) is 9.54. The van der Waals surface area contributed by atoms with Crippen molar-refractivity contribution in [3.05, 3.63) is 52.5 Å². The SMILES string of the molecule is CCCC(=O)O[C@H](c1ccccn1)c1cccs1. The van der Waals surface area contributed by atoms with E-state index in [0.29, 0.717) is 6.42 Å². The molecule has 2 heterocycles. The van der Waals surface area contributed by atoms with Crippen molar-refractivity contribution in [3.63, 3.8) is 0 Å². The highest BCUT2D eigenvalue weighted by Crippen LogP contribution is 2.28. The lowest BCUT2D eigenvalue weighted by Crippen LogP contribution is -2.12. The third-order valence-corrected chi connectivity index (χ3v) is 3.38. The molecule has 0 unspecified atom stereocenters. The predicted octanol–water partition coefficient (Wildman–Crippen LogP) is 3.58. The zero-order valence-electron chi connectivity index (χ0n) is 10.2. The van der Waals surface area contributed by atoms with Gasteiger partial charge >= 0.3 is 5.97 Å². The highest BCUT2D eigenvalue weighted by Gasteiger charge is 2.20. The molecule has 0 aromatic carbocycles. The zero-order chi connectivity index (χ0) is 12.8. The number of carbonyl (C=O) groups is 1. The quantitative estimate of drug-likeness (QED) is 0.772. The van der Waals surface area contributed by atoms with Crippen molar-refractivity contribution < 1.29 is 9.53 Å². The standard InChI is InChI=1S/C14H15NO2S/c1-2-6-13(16)17-14(12-8-5-10-18-12)11-7-3-4-9-15-11/h3-5,7-10,14H,2,6H2,1H3/t14-/m1/s1. The Morgan fingerprint density at radius 1 is 1.39 bits per heavy atom. The summed E-state index contributed by atoms with van der Waals surface area (Å²) in [7, 11) is 0. The fourth-order valence-electron chi connectivity index (χ4n) is 1.63. The van der Waals surface area contributed by atoms with Gasteiger partial charge in [0, 0.05) is 12.6 Å². The molecule has 18 heavy (non-hydrogen) atoms. The zero-order valence-corrected chi connectivity index (χ0v) is 11.0. The van der Waals surface area contributed by atoms with Crippen molar-refractivity contribution in [2.75, 3.05) is 0 Å². The first-order valence-electron chi connectivity index (χ1n) is 5.95. The maximum absolute atomic E-state index is 11.7. The second-order valence-corrected chi connectivity index (χ2v) is 4.87. The molecule has 94 valence electrons. The van der Waals surface area contributed by atoms with Gasteiger partial charge in [-0.15, -0.1) is 11.3 Å². The van der Waals surface area contributed by atoms with E-state index in [-0.39, 0.29) is 12.1 Å². The van der Waals surface area contributed by atoms with Crippen molar-refractivity contribution in [2.45, 2.75) is 25.9 Å². The number of thiophene rings is 1. The molecule has 0 radical (unpaired) electrons. The fraction of sp³-hybridized carbons (Fsp3) is 0.286. The van der Waals surface area contributed by atoms with E-state index in [1.807, 2.05) is 42.6 Å². The first-order valence-corrected chi connectivity index (χ1v) is 6.83. The van der Waals surface area contributed by atoms with Gasteiger partial charge in [0.15, 0.2) is 6.10 Å². The molecule has 0 aliphatic carbocycles. The monoisotopic (exact) mass is 261 g/mol.